The molecule has 1 aromatic heterocycles. The fourth-order valence-electron chi connectivity index (χ4n) is 2.68. The Labute approximate surface area is 174 Å². The first-order valence-corrected chi connectivity index (χ1v) is 10.2. The molecule has 0 bridgehead atoms. The summed E-state index contributed by atoms with van der Waals surface area (Å²) in [5.41, 5.74) is 6.39. The van der Waals surface area contributed by atoms with Gasteiger partial charge in [-0.1, -0.05) is 32.9 Å². The SMILES string of the molecule is CCOC(=O)c1c(C)oc(NC(=O)CSc2ccc(C(C)(C)C)cc2)c1C(N)=O. The quantitative estimate of drug-likeness (QED) is 0.521. The average molecular weight is 419 g/mol. The van der Waals surface area contributed by atoms with Gasteiger partial charge in [0, 0.05) is 4.90 Å². The number of ether oxygens (including phenoxy) is 1. The fraction of sp³-hybridized carbons (Fsp3) is 0.381. The molecular weight excluding hydrogens is 392 g/mol. The molecule has 1 aromatic carbocycles. The van der Waals surface area contributed by atoms with Crippen LogP contribution in [0.15, 0.2) is 33.6 Å². The van der Waals surface area contributed by atoms with E-state index in [1.54, 1.807) is 6.92 Å². The monoisotopic (exact) mass is 418 g/mol. The van der Waals surface area contributed by atoms with Gasteiger partial charge in [0.25, 0.3) is 5.91 Å². The number of rotatable bonds is 7. The average Bonchev–Trinajstić information content (AvgIpc) is 2.95. The zero-order chi connectivity index (χ0) is 21.8. The number of primary amides is 1. The van der Waals surface area contributed by atoms with Crippen LogP contribution < -0.4 is 11.1 Å². The third-order valence-electron chi connectivity index (χ3n) is 4.15. The molecule has 0 unspecified atom stereocenters. The highest BCUT2D eigenvalue weighted by Gasteiger charge is 2.29. The lowest BCUT2D eigenvalue weighted by atomic mass is 9.87. The molecule has 8 heteroatoms. The summed E-state index contributed by atoms with van der Waals surface area (Å²) in [6.07, 6.45) is 0. The van der Waals surface area contributed by atoms with Gasteiger partial charge in [0.05, 0.1) is 12.4 Å². The number of furan rings is 1. The second-order valence-corrected chi connectivity index (χ2v) is 8.48. The van der Waals surface area contributed by atoms with E-state index >= 15 is 0 Å². The first-order valence-electron chi connectivity index (χ1n) is 9.18. The highest BCUT2D eigenvalue weighted by atomic mass is 32.2. The third-order valence-corrected chi connectivity index (χ3v) is 5.17. The molecule has 3 N–H and O–H groups in total. The van der Waals surface area contributed by atoms with Gasteiger partial charge in [-0.15, -0.1) is 11.8 Å². The summed E-state index contributed by atoms with van der Waals surface area (Å²) in [7, 11) is 0. The highest BCUT2D eigenvalue weighted by Crippen LogP contribution is 2.29. The molecule has 2 rings (SSSR count). The van der Waals surface area contributed by atoms with Crippen molar-refractivity contribution in [2.24, 2.45) is 5.73 Å². The summed E-state index contributed by atoms with van der Waals surface area (Å²) in [5.74, 6) is -1.89. The largest absolute Gasteiger partial charge is 0.462 e. The lowest BCUT2D eigenvalue weighted by molar-refractivity contribution is -0.113. The molecule has 0 aliphatic heterocycles. The number of carbonyl (C=O) groups is 3. The van der Waals surface area contributed by atoms with E-state index in [1.165, 1.54) is 24.2 Å². The number of nitrogens with two attached hydrogens (primary N) is 1. The van der Waals surface area contributed by atoms with Crippen molar-refractivity contribution in [3.63, 3.8) is 0 Å². The van der Waals surface area contributed by atoms with Crippen LogP contribution in [0.2, 0.25) is 0 Å². The van der Waals surface area contributed by atoms with Crippen LogP contribution in [-0.4, -0.2) is 30.1 Å². The van der Waals surface area contributed by atoms with Gasteiger partial charge in [-0.2, -0.15) is 0 Å². The van der Waals surface area contributed by atoms with Crippen LogP contribution >= 0.6 is 11.8 Å². The molecule has 2 aromatic rings. The van der Waals surface area contributed by atoms with E-state index in [0.29, 0.717) is 0 Å². The minimum absolute atomic E-state index is 0.0551. The Morgan fingerprint density at radius 1 is 1.14 bits per heavy atom. The van der Waals surface area contributed by atoms with E-state index in [9.17, 15) is 14.4 Å². The van der Waals surface area contributed by atoms with Crippen molar-refractivity contribution in [1.82, 2.24) is 0 Å². The van der Waals surface area contributed by atoms with E-state index in [-0.39, 0.29) is 46.5 Å². The summed E-state index contributed by atoms with van der Waals surface area (Å²) < 4.78 is 10.3. The summed E-state index contributed by atoms with van der Waals surface area (Å²) in [4.78, 5) is 37.2. The van der Waals surface area contributed by atoms with E-state index < -0.39 is 11.9 Å². The number of benzene rings is 1. The van der Waals surface area contributed by atoms with Crippen LogP contribution in [0.25, 0.3) is 0 Å². The van der Waals surface area contributed by atoms with Gasteiger partial charge in [-0.3, -0.25) is 14.9 Å². The van der Waals surface area contributed by atoms with Crippen LogP contribution in [-0.2, 0) is 14.9 Å². The molecule has 0 radical (unpaired) electrons. The number of nitrogens with one attached hydrogen (secondary N) is 1. The molecule has 0 aliphatic carbocycles. The van der Waals surface area contributed by atoms with Crippen molar-refractivity contribution >= 4 is 35.4 Å². The molecule has 0 atom stereocenters. The number of amides is 2. The van der Waals surface area contributed by atoms with Crippen molar-refractivity contribution in [2.75, 3.05) is 17.7 Å². The first kappa shape index (κ1) is 22.5. The Hall–Kier alpha value is -2.74. The number of anilines is 1. The topological polar surface area (TPSA) is 112 Å². The Kier molecular flexibility index (Phi) is 7.13. The van der Waals surface area contributed by atoms with Crippen molar-refractivity contribution in [1.29, 1.82) is 0 Å². The van der Waals surface area contributed by atoms with Gasteiger partial charge < -0.3 is 14.9 Å². The number of carbonyl (C=O) groups excluding carboxylic acids is 3. The molecule has 7 nitrogen and oxygen atoms in total. The van der Waals surface area contributed by atoms with E-state index in [1.807, 2.05) is 24.3 Å². The molecule has 2 amide bonds. The molecular formula is C21H26N2O5S. The predicted molar refractivity (Wildman–Crippen MR) is 112 cm³/mol. The van der Waals surface area contributed by atoms with Crippen LogP contribution in [0.4, 0.5) is 5.88 Å². The Balaban J connectivity index is 2.10. The maximum absolute atomic E-state index is 12.3. The minimum atomic E-state index is -0.884. The van der Waals surface area contributed by atoms with Gasteiger partial charge in [-0.25, -0.2) is 4.79 Å². The van der Waals surface area contributed by atoms with Crippen LogP contribution in [0, 0.1) is 6.92 Å². The smallest absolute Gasteiger partial charge is 0.342 e. The standard InChI is InChI=1S/C21H26N2O5S/c1-6-27-20(26)16-12(2)28-19(17(16)18(22)25)23-15(24)11-29-14-9-7-13(8-10-14)21(3,4)5/h7-10H,6,11H2,1-5H3,(H2,22,25)(H,23,24). The van der Waals surface area contributed by atoms with E-state index in [0.717, 1.165) is 4.90 Å². The van der Waals surface area contributed by atoms with Gasteiger partial charge in [0.1, 0.15) is 16.9 Å². The number of thioether (sulfide) groups is 1. The van der Waals surface area contributed by atoms with Crippen LogP contribution in [0.1, 0.15) is 59.7 Å². The number of esters is 1. The maximum Gasteiger partial charge on any atom is 0.342 e. The van der Waals surface area contributed by atoms with Crippen molar-refractivity contribution < 1.29 is 23.5 Å². The molecule has 29 heavy (non-hydrogen) atoms. The normalized spacial score (nSPS) is 11.2. The van der Waals surface area contributed by atoms with Gasteiger partial charge in [-0.05, 0) is 37.0 Å². The van der Waals surface area contributed by atoms with Crippen molar-refractivity contribution in [3.8, 4) is 0 Å². The molecule has 0 spiro atoms. The Bertz CT molecular complexity index is 910. The van der Waals surface area contributed by atoms with Gasteiger partial charge in [0.15, 0.2) is 0 Å². The Morgan fingerprint density at radius 2 is 1.76 bits per heavy atom. The van der Waals surface area contributed by atoms with Crippen molar-refractivity contribution in [2.45, 2.75) is 44.9 Å². The van der Waals surface area contributed by atoms with Crippen LogP contribution in [0.3, 0.4) is 0 Å². The number of hydrogen-bond acceptors (Lipinski definition) is 6. The predicted octanol–water partition coefficient (Wildman–Crippen LogP) is 3.89. The van der Waals surface area contributed by atoms with E-state index in [2.05, 4.69) is 26.1 Å². The molecule has 0 saturated carbocycles. The number of aryl methyl sites for hydroxylation is 1. The zero-order valence-corrected chi connectivity index (χ0v) is 18.1. The second-order valence-electron chi connectivity index (χ2n) is 7.43. The lowest BCUT2D eigenvalue weighted by Crippen LogP contribution is -2.21. The summed E-state index contributed by atoms with van der Waals surface area (Å²) in [6, 6.07) is 7.99. The zero-order valence-electron chi connectivity index (χ0n) is 17.3. The molecule has 156 valence electrons. The summed E-state index contributed by atoms with van der Waals surface area (Å²) >= 11 is 1.35. The minimum Gasteiger partial charge on any atom is -0.462 e. The molecule has 0 aliphatic rings. The maximum atomic E-state index is 12.3. The lowest BCUT2D eigenvalue weighted by Gasteiger charge is -2.19. The first-order chi connectivity index (χ1) is 13.5. The third kappa shape index (κ3) is 5.63. The van der Waals surface area contributed by atoms with Gasteiger partial charge in [0.2, 0.25) is 11.8 Å². The van der Waals surface area contributed by atoms with Gasteiger partial charge >= 0.3 is 5.97 Å². The Morgan fingerprint density at radius 3 is 2.28 bits per heavy atom. The molecule has 0 fully saturated rings. The van der Waals surface area contributed by atoms with Crippen molar-refractivity contribution in [3.05, 3.63) is 46.7 Å². The summed E-state index contributed by atoms with van der Waals surface area (Å²) in [5, 5.41) is 2.52. The molecule has 1 heterocycles. The van der Waals surface area contributed by atoms with E-state index in [4.69, 9.17) is 14.9 Å². The fourth-order valence-corrected chi connectivity index (χ4v) is 3.38. The summed E-state index contributed by atoms with van der Waals surface area (Å²) in [6.45, 7) is 9.68. The number of hydrogen-bond donors (Lipinski definition) is 2. The molecule has 0 saturated heterocycles. The second kappa shape index (κ2) is 9.17. The van der Waals surface area contributed by atoms with Crippen LogP contribution in [0.5, 0.6) is 0 Å². The highest BCUT2D eigenvalue weighted by molar-refractivity contribution is 8.00.